The van der Waals surface area contributed by atoms with Crippen molar-refractivity contribution in [3.63, 3.8) is 0 Å². The van der Waals surface area contributed by atoms with Crippen LogP contribution in [0.15, 0.2) is 22.8 Å². The van der Waals surface area contributed by atoms with Crippen molar-refractivity contribution in [3.8, 4) is 0 Å². The minimum Gasteiger partial charge on any atom is -0.341 e. The number of nitrogens with one attached hydrogen (secondary N) is 1. The molecule has 0 unspecified atom stereocenters. The zero-order chi connectivity index (χ0) is 17.2. The van der Waals surface area contributed by atoms with Crippen molar-refractivity contribution in [2.24, 2.45) is 11.7 Å². The first-order valence-corrected chi connectivity index (χ1v) is 9.28. The van der Waals surface area contributed by atoms with Gasteiger partial charge in [0.1, 0.15) is 5.82 Å². The second kappa shape index (κ2) is 9.88. The molecule has 1 saturated heterocycles. The summed E-state index contributed by atoms with van der Waals surface area (Å²) in [6.07, 6.45) is 6.61. The molecule has 1 aromatic heterocycles. The van der Waals surface area contributed by atoms with E-state index in [0.717, 1.165) is 30.2 Å². The second-order valence-electron chi connectivity index (χ2n) is 6.78. The van der Waals surface area contributed by atoms with Crippen molar-refractivity contribution in [2.75, 3.05) is 18.4 Å². The lowest BCUT2D eigenvalue weighted by Crippen LogP contribution is -2.55. The van der Waals surface area contributed by atoms with Crippen molar-refractivity contribution in [3.05, 3.63) is 22.8 Å². The van der Waals surface area contributed by atoms with E-state index in [1.807, 2.05) is 11.0 Å². The van der Waals surface area contributed by atoms with Gasteiger partial charge in [-0.3, -0.25) is 9.59 Å². The summed E-state index contributed by atoms with van der Waals surface area (Å²) >= 11 is 3.32. The van der Waals surface area contributed by atoms with Gasteiger partial charge in [0.05, 0.1) is 5.54 Å². The number of nitrogens with zero attached hydrogens (tertiary/aromatic N) is 2. The van der Waals surface area contributed by atoms with Gasteiger partial charge < -0.3 is 16.0 Å². The number of nitrogens with two attached hydrogens (primary N) is 1. The molecular formula is C17H25BrCl2N4O2. The van der Waals surface area contributed by atoms with E-state index in [4.69, 9.17) is 5.73 Å². The van der Waals surface area contributed by atoms with E-state index in [2.05, 4.69) is 26.2 Å². The Labute approximate surface area is 174 Å². The summed E-state index contributed by atoms with van der Waals surface area (Å²) in [4.78, 5) is 31.0. The van der Waals surface area contributed by atoms with Crippen LogP contribution in [0.1, 0.15) is 38.5 Å². The van der Waals surface area contributed by atoms with Crippen LogP contribution in [0.3, 0.4) is 0 Å². The molecule has 1 aliphatic heterocycles. The number of pyridine rings is 1. The highest BCUT2D eigenvalue weighted by Crippen LogP contribution is 2.30. The summed E-state index contributed by atoms with van der Waals surface area (Å²) in [7, 11) is 0. The summed E-state index contributed by atoms with van der Waals surface area (Å²) in [6, 6.07) is 3.60. The van der Waals surface area contributed by atoms with Gasteiger partial charge >= 0.3 is 0 Å². The van der Waals surface area contributed by atoms with Crippen LogP contribution in [0, 0.1) is 5.92 Å². The molecule has 2 amide bonds. The van der Waals surface area contributed by atoms with Gasteiger partial charge in [0.15, 0.2) is 0 Å². The van der Waals surface area contributed by atoms with Gasteiger partial charge in [-0.15, -0.1) is 24.8 Å². The molecule has 146 valence electrons. The molecule has 2 aliphatic rings. The number of anilines is 1. The Hall–Kier alpha value is -0.890. The molecule has 1 aromatic rings. The first kappa shape index (κ1) is 23.1. The van der Waals surface area contributed by atoms with E-state index < -0.39 is 5.54 Å². The van der Waals surface area contributed by atoms with Crippen LogP contribution in [-0.2, 0) is 9.59 Å². The van der Waals surface area contributed by atoms with E-state index in [9.17, 15) is 9.59 Å². The summed E-state index contributed by atoms with van der Waals surface area (Å²) in [5.41, 5.74) is 5.59. The van der Waals surface area contributed by atoms with Crippen molar-refractivity contribution in [1.82, 2.24) is 9.88 Å². The summed E-state index contributed by atoms with van der Waals surface area (Å²) in [5.74, 6) is 0.499. The number of amides is 2. The number of piperidine rings is 1. The maximum Gasteiger partial charge on any atom is 0.242 e. The van der Waals surface area contributed by atoms with Crippen LogP contribution >= 0.6 is 40.7 Å². The largest absolute Gasteiger partial charge is 0.341 e. The molecule has 0 radical (unpaired) electrons. The van der Waals surface area contributed by atoms with Gasteiger partial charge in [-0.05, 0) is 53.7 Å². The average Bonchev–Trinajstić information content (AvgIpc) is 3.04. The third-order valence-corrected chi connectivity index (χ3v) is 5.52. The van der Waals surface area contributed by atoms with E-state index in [1.54, 1.807) is 12.3 Å². The Balaban J connectivity index is 0.00000169. The molecular weight excluding hydrogens is 443 g/mol. The molecule has 9 heteroatoms. The molecule has 2 heterocycles. The molecule has 1 aliphatic carbocycles. The Morgan fingerprint density at radius 1 is 1.19 bits per heavy atom. The minimum atomic E-state index is -0.670. The number of carbonyl (C=O) groups is 2. The zero-order valence-electron chi connectivity index (χ0n) is 14.4. The lowest BCUT2D eigenvalue weighted by atomic mass is 9.92. The van der Waals surface area contributed by atoms with E-state index in [1.165, 1.54) is 0 Å². The maximum atomic E-state index is 12.6. The predicted octanol–water partition coefficient (Wildman–Crippen LogP) is 3.14. The molecule has 0 aromatic carbocycles. The molecule has 0 spiro atoms. The Bertz CT molecular complexity index is 616. The quantitative estimate of drug-likeness (QED) is 0.714. The van der Waals surface area contributed by atoms with E-state index >= 15 is 0 Å². The fraction of sp³-hybridized carbons (Fsp3) is 0.588. The first-order valence-electron chi connectivity index (χ1n) is 8.49. The standard InChI is InChI=1S/C17H23BrN4O2.2ClH/c18-13-3-4-14(20-11-13)21-15(23)12-5-9-22(10-6-12)16(24)17(19)7-1-2-8-17;;/h3-4,11-12H,1-2,5-10,19H2,(H,20,21,23);2*1H. The second-order valence-corrected chi connectivity index (χ2v) is 7.70. The smallest absolute Gasteiger partial charge is 0.242 e. The third-order valence-electron chi connectivity index (χ3n) is 5.05. The average molecular weight is 468 g/mol. The molecule has 3 rings (SSSR count). The van der Waals surface area contributed by atoms with Crippen LogP contribution in [0.5, 0.6) is 0 Å². The Morgan fingerprint density at radius 3 is 2.35 bits per heavy atom. The van der Waals surface area contributed by atoms with Crippen LogP contribution in [-0.4, -0.2) is 40.3 Å². The third kappa shape index (κ3) is 5.31. The zero-order valence-corrected chi connectivity index (χ0v) is 17.7. The summed E-state index contributed by atoms with van der Waals surface area (Å²) in [5, 5.41) is 2.85. The SMILES string of the molecule is Cl.Cl.NC1(C(=O)N2CCC(C(=O)Nc3ccc(Br)cn3)CC2)CCCC1. The molecule has 0 bridgehead atoms. The van der Waals surface area contributed by atoms with Gasteiger partial charge in [-0.1, -0.05) is 12.8 Å². The van der Waals surface area contributed by atoms with Crippen LogP contribution in [0.25, 0.3) is 0 Å². The first-order chi connectivity index (χ1) is 11.5. The normalized spacial score (nSPS) is 19.2. The lowest BCUT2D eigenvalue weighted by Gasteiger charge is -2.36. The molecule has 2 fully saturated rings. The molecule has 0 atom stereocenters. The lowest BCUT2D eigenvalue weighted by molar-refractivity contribution is -0.139. The fourth-order valence-corrected chi connectivity index (χ4v) is 3.79. The Kier molecular flexibility index (Phi) is 8.79. The topological polar surface area (TPSA) is 88.3 Å². The van der Waals surface area contributed by atoms with Crippen LogP contribution in [0.4, 0.5) is 5.82 Å². The number of likely N-dealkylation sites (tertiary alicyclic amines) is 1. The highest BCUT2D eigenvalue weighted by Gasteiger charge is 2.41. The fourth-order valence-electron chi connectivity index (χ4n) is 3.56. The van der Waals surface area contributed by atoms with Gasteiger partial charge in [0.25, 0.3) is 0 Å². The van der Waals surface area contributed by atoms with Crippen molar-refractivity contribution >= 4 is 58.4 Å². The van der Waals surface area contributed by atoms with Gasteiger partial charge in [0.2, 0.25) is 11.8 Å². The summed E-state index contributed by atoms with van der Waals surface area (Å²) < 4.78 is 0.870. The highest BCUT2D eigenvalue weighted by atomic mass is 79.9. The van der Waals surface area contributed by atoms with Crippen LogP contribution in [0.2, 0.25) is 0 Å². The number of carbonyl (C=O) groups excluding carboxylic acids is 2. The molecule has 6 nitrogen and oxygen atoms in total. The number of aromatic nitrogens is 1. The highest BCUT2D eigenvalue weighted by molar-refractivity contribution is 9.10. The van der Waals surface area contributed by atoms with Gasteiger partial charge in [-0.2, -0.15) is 0 Å². The minimum absolute atomic E-state index is 0. The van der Waals surface area contributed by atoms with Gasteiger partial charge in [0, 0.05) is 29.7 Å². The molecule has 1 saturated carbocycles. The van der Waals surface area contributed by atoms with Crippen molar-refractivity contribution in [1.29, 1.82) is 0 Å². The number of hydrogen-bond acceptors (Lipinski definition) is 4. The predicted molar refractivity (Wildman–Crippen MR) is 110 cm³/mol. The molecule has 26 heavy (non-hydrogen) atoms. The van der Waals surface area contributed by atoms with E-state index in [-0.39, 0.29) is 42.5 Å². The van der Waals surface area contributed by atoms with E-state index in [0.29, 0.717) is 31.7 Å². The maximum absolute atomic E-state index is 12.6. The molecule has 3 N–H and O–H groups in total. The number of halogens is 3. The number of hydrogen-bond donors (Lipinski definition) is 2. The van der Waals surface area contributed by atoms with Crippen molar-refractivity contribution in [2.45, 2.75) is 44.1 Å². The summed E-state index contributed by atoms with van der Waals surface area (Å²) in [6.45, 7) is 1.20. The van der Waals surface area contributed by atoms with Crippen molar-refractivity contribution < 1.29 is 9.59 Å². The van der Waals surface area contributed by atoms with Crippen LogP contribution < -0.4 is 11.1 Å². The van der Waals surface area contributed by atoms with Gasteiger partial charge in [-0.25, -0.2) is 4.98 Å². The Morgan fingerprint density at radius 2 is 1.81 bits per heavy atom. The number of rotatable bonds is 3. The monoisotopic (exact) mass is 466 g/mol.